The monoisotopic (exact) mass is 371 g/mol. The van der Waals surface area contributed by atoms with Crippen LogP contribution in [-0.4, -0.2) is 22.8 Å². The maximum Gasteiger partial charge on any atom is 0.255 e. The largest absolute Gasteiger partial charge is 0.497 e. The first-order valence-electron chi connectivity index (χ1n) is 6.92. The summed E-state index contributed by atoms with van der Waals surface area (Å²) in [5.41, 5.74) is 2.14. The molecule has 5 nitrogen and oxygen atoms in total. The molecule has 0 aliphatic carbocycles. The number of ether oxygens (including phenoxy) is 1. The highest BCUT2D eigenvalue weighted by molar-refractivity contribution is 9.10. The van der Waals surface area contributed by atoms with Crippen LogP contribution in [0.3, 0.4) is 0 Å². The minimum Gasteiger partial charge on any atom is -0.497 e. The van der Waals surface area contributed by atoms with Crippen LogP contribution in [0.4, 0.5) is 5.69 Å². The minimum atomic E-state index is -0.175. The normalized spacial score (nSPS) is 10.3. The van der Waals surface area contributed by atoms with E-state index in [0.717, 1.165) is 10.2 Å². The Labute approximate surface area is 142 Å². The van der Waals surface area contributed by atoms with Crippen molar-refractivity contribution in [3.05, 3.63) is 71.0 Å². The van der Waals surface area contributed by atoms with Crippen LogP contribution in [0.2, 0.25) is 0 Å². The lowest BCUT2D eigenvalue weighted by Gasteiger charge is -2.08. The van der Waals surface area contributed by atoms with Crippen molar-refractivity contribution in [2.24, 2.45) is 0 Å². The maximum absolute atomic E-state index is 12.3. The van der Waals surface area contributed by atoms with Crippen LogP contribution in [0.1, 0.15) is 10.4 Å². The Balaban J connectivity index is 1.75. The zero-order valence-electron chi connectivity index (χ0n) is 12.4. The summed E-state index contributed by atoms with van der Waals surface area (Å²) in [6.07, 6.45) is 3.56. The number of halogens is 1. The van der Waals surface area contributed by atoms with Crippen molar-refractivity contribution in [3.63, 3.8) is 0 Å². The van der Waals surface area contributed by atoms with Gasteiger partial charge in [-0.25, -0.2) is 4.68 Å². The number of rotatable bonds is 4. The van der Waals surface area contributed by atoms with Gasteiger partial charge < -0.3 is 10.1 Å². The molecule has 0 spiro atoms. The number of methoxy groups -OCH3 is 1. The quantitative estimate of drug-likeness (QED) is 0.756. The molecular weight excluding hydrogens is 358 g/mol. The molecule has 3 rings (SSSR count). The summed E-state index contributed by atoms with van der Waals surface area (Å²) in [5, 5.41) is 7.05. The van der Waals surface area contributed by atoms with E-state index in [0.29, 0.717) is 17.0 Å². The second-order valence-electron chi connectivity index (χ2n) is 4.84. The number of hydrogen-bond acceptors (Lipinski definition) is 3. The van der Waals surface area contributed by atoms with E-state index in [1.54, 1.807) is 36.2 Å². The predicted molar refractivity (Wildman–Crippen MR) is 92.2 cm³/mol. The van der Waals surface area contributed by atoms with Gasteiger partial charge in [0.15, 0.2) is 0 Å². The molecule has 0 atom stereocenters. The second-order valence-corrected chi connectivity index (χ2v) is 5.75. The second kappa shape index (κ2) is 6.66. The van der Waals surface area contributed by atoms with Crippen molar-refractivity contribution in [1.82, 2.24) is 9.78 Å². The van der Waals surface area contributed by atoms with Crippen LogP contribution in [0.5, 0.6) is 5.75 Å². The van der Waals surface area contributed by atoms with E-state index in [4.69, 9.17) is 4.74 Å². The highest BCUT2D eigenvalue weighted by atomic mass is 79.9. The van der Waals surface area contributed by atoms with E-state index >= 15 is 0 Å². The number of carbonyl (C=O) groups excluding carboxylic acids is 1. The summed E-state index contributed by atoms with van der Waals surface area (Å²) >= 11 is 3.36. The van der Waals surface area contributed by atoms with Gasteiger partial charge in [-0.2, -0.15) is 5.10 Å². The molecule has 0 fully saturated rings. The number of benzene rings is 2. The lowest BCUT2D eigenvalue weighted by Crippen LogP contribution is -2.12. The summed E-state index contributed by atoms with van der Waals surface area (Å²) in [7, 11) is 1.59. The summed E-state index contributed by atoms with van der Waals surface area (Å²) in [5.74, 6) is 0.522. The molecule has 0 radical (unpaired) electrons. The van der Waals surface area contributed by atoms with Gasteiger partial charge in [-0.3, -0.25) is 4.79 Å². The summed E-state index contributed by atoms with van der Waals surface area (Å²) in [4.78, 5) is 12.3. The van der Waals surface area contributed by atoms with Crippen molar-refractivity contribution < 1.29 is 9.53 Å². The molecular formula is C17H14BrN3O2. The van der Waals surface area contributed by atoms with Gasteiger partial charge in [0, 0.05) is 23.5 Å². The van der Waals surface area contributed by atoms with Gasteiger partial charge >= 0.3 is 0 Å². The average Bonchev–Trinajstić information content (AvgIpc) is 3.01. The number of nitrogens with one attached hydrogen (secondary N) is 1. The zero-order valence-corrected chi connectivity index (χ0v) is 13.9. The smallest absolute Gasteiger partial charge is 0.255 e. The van der Waals surface area contributed by atoms with Gasteiger partial charge in [0.2, 0.25) is 0 Å². The van der Waals surface area contributed by atoms with Gasteiger partial charge in [-0.05, 0) is 52.3 Å². The molecule has 0 unspecified atom stereocenters. The van der Waals surface area contributed by atoms with Gasteiger partial charge in [-0.1, -0.05) is 6.07 Å². The van der Waals surface area contributed by atoms with Crippen molar-refractivity contribution in [2.75, 3.05) is 12.4 Å². The molecule has 23 heavy (non-hydrogen) atoms. The van der Waals surface area contributed by atoms with E-state index in [9.17, 15) is 4.79 Å². The van der Waals surface area contributed by atoms with E-state index in [-0.39, 0.29) is 5.91 Å². The number of nitrogens with zero attached hydrogens (tertiary/aromatic N) is 2. The highest BCUT2D eigenvalue weighted by Crippen LogP contribution is 2.18. The molecule has 1 N–H and O–H groups in total. The van der Waals surface area contributed by atoms with Gasteiger partial charge in [0.25, 0.3) is 5.91 Å². The fraction of sp³-hybridized carbons (Fsp3) is 0.0588. The van der Waals surface area contributed by atoms with Crippen LogP contribution < -0.4 is 10.1 Å². The van der Waals surface area contributed by atoms with Crippen LogP contribution in [0, 0.1) is 0 Å². The van der Waals surface area contributed by atoms with Crippen molar-refractivity contribution in [3.8, 4) is 11.4 Å². The van der Waals surface area contributed by atoms with Gasteiger partial charge in [-0.15, -0.1) is 0 Å². The Bertz CT molecular complexity index is 828. The number of hydrogen-bond donors (Lipinski definition) is 1. The van der Waals surface area contributed by atoms with Crippen molar-refractivity contribution >= 4 is 27.5 Å². The standard InChI is InChI=1S/C17H14BrN3O2/c1-23-16-4-2-3-14(9-16)20-17(22)12-5-7-15(8-6-12)21-11-13(18)10-19-21/h2-11H,1H3,(H,20,22). The van der Waals surface area contributed by atoms with Crippen LogP contribution in [0.15, 0.2) is 65.4 Å². The van der Waals surface area contributed by atoms with Crippen molar-refractivity contribution in [2.45, 2.75) is 0 Å². The number of carbonyl (C=O) groups is 1. The van der Waals surface area contributed by atoms with E-state index in [1.165, 1.54) is 0 Å². The molecule has 6 heteroatoms. The van der Waals surface area contributed by atoms with E-state index in [2.05, 4.69) is 26.3 Å². The average molecular weight is 372 g/mol. The molecule has 0 bridgehead atoms. The first-order chi connectivity index (χ1) is 11.2. The molecule has 0 saturated carbocycles. The molecule has 1 aromatic heterocycles. The van der Waals surface area contributed by atoms with E-state index in [1.807, 2.05) is 36.5 Å². The lowest BCUT2D eigenvalue weighted by atomic mass is 10.2. The van der Waals surface area contributed by atoms with Crippen LogP contribution in [-0.2, 0) is 0 Å². The third kappa shape index (κ3) is 3.60. The molecule has 0 aliphatic rings. The maximum atomic E-state index is 12.3. The summed E-state index contributed by atoms with van der Waals surface area (Å²) in [6.45, 7) is 0. The Morgan fingerprint density at radius 1 is 1.22 bits per heavy atom. The first kappa shape index (κ1) is 15.3. The summed E-state index contributed by atoms with van der Waals surface area (Å²) in [6, 6.07) is 14.5. The first-order valence-corrected chi connectivity index (χ1v) is 7.71. The minimum absolute atomic E-state index is 0.175. The topological polar surface area (TPSA) is 56.1 Å². The molecule has 0 saturated heterocycles. The third-order valence-corrected chi connectivity index (χ3v) is 3.68. The molecule has 2 aromatic carbocycles. The molecule has 116 valence electrons. The fourth-order valence-corrected chi connectivity index (χ4v) is 2.40. The van der Waals surface area contributed by atoms with Gasteiger partial charge in [0.1, 0.15) is 5.75 Å². The fourth-order valence-electron chi connectivity index (χ4n) is 2.11. The SMILES string of the molecule is COc1cccc(NC(=O)c2ccc(-n3cc(Br)cn3)cc2)c1. The lowest BCUT2D eigenvalue weighted by molar-refractivity contribution is 0.102. The van der Waals surface area contributed by atoms with Crippen LogP contribution in [0.25, 0.3) is 5.69 Å². The molecule has 3 aromatic rings. The molecule has 0 aliphatic heterocycles. The Kier molecular flexibility index (Phi) is 4.43. The molecule has 1 amide bonds. The Hall–Kier alpha value is -2.60. The van der Waals surface area contributed by atoms with Crippen LogP contribution >= 0.6 is 15.9 Å². The number of anilines is 1. The Morgan fingerprint density at radius 3 is 2.65 bits per heavy atom. The highest BCUT2D eigenvalue weighted by Gasteiger charge is 2.07. The third-order valence-electron chi connectivity index (χ3n) is 3.27. The number of amides is 1. The summed E-state index contributed by atoms with van der Waals surface area (Å²) < 4.78 is 7.77. The predicted octanol–water partition coefficient (Wildman–Crippen LogP) is 3.90. The van der Waals surface area contributed by atoms with E-state index < -0.39 is 0 Å². The molecule has 1 heterocycles. The number of aromatic nitrogens is 2. The Morgan fingerprint density at radius 2 is 2.00 bits per heavy atom. The van der Waals surface area contributed by atoms with Gasteiger partial charge in [0.05, 0.1) is 23.5 Å². The van der Waals surface area contributed by atoms with Crippen molar-refractivity contribution in [1.29, 1.82) is 0 Å². The zero-order chi connectivity index (χ0) is 16.2.